The minimum absolute atomic E-state index is 0.466. The van der Waals surface area contributed by atoms with Crippen molar-refractivity contribution in [3.63, 3.8) is 0 Å². The van der Waals surface area contributed by atoms with E-state index >= 15 is 0 Å². The van der Waals surface area contributed by atoms with Gasteiger partial charge < -0.3 is 4.79 Å². The number of carbonyl (C=O) groups is 1. The van der Waals surface area contributed by atoms with Crippen molar-refractivity contribution in [1.82, 2.24) is 0 Å². The smallest absolute Gasteiger partial charge is 0.120 e. The van der Waals surface area contributed by atoms with Crippen molar-refractivity contribution >= 4 is 6.29 Å². The van der Waals surface area contributed by atoms with Crippen LogP contribution in [0.2, 0.25) is 0 Å². The van der Waals surface area contributed by atoms with Crippen LogP contribution in [0.15, 0.2) is 23.8 Å². The lowest BCUT2D eigenvalue weighted by Crippen LogP contribution is -2.15. The van der Waals surface area contributed by atoms with Gasteiger partial charge in [0.1, 0.15) is 6.29 Å². The van der Waals surface area contributed by atoms with Gasteiger partial charge in [0.05, 0.1) is 0 Å². The van der Waals surface area contributed by atoms with Crippen LogP contribution in [0.3, 0.4) is 0 Å². The molecule has 0 saturated carbocycles. The molecule has 0 aliphatic heterocycles. The van der Waals surface area contributed by atoms with E-state index in [-0.39, 0.29) is 0 Å². The highest BCUT2D eigenvalue weighted by atomic mass is 16.1. The zero-order chi connectivity index (χ0) is 9.84. The summed E-state index contributed by atoms with van der Waals surface area (Å²) in [5.41, 5.74) is 2.63. The Morgan fingerprint density at radius 2 is 2.46 bits per heavy atom. The molecule has 13 heavy (non-hydrogen) atoms. The highest BCUT2D eigenvalue weighted by Crippen LogP contribution is 2.33. The maximum Gasteiger partial charge on any atom is 0.120 e. The summed E-state index contributed by atoms with van der Waals surface area (Å²) in [4.78, 5) is 10.4. The first-order valence-corrected chi connectivity index (χ1v) is 4.90. The molecule has 0 aromatic rings. The van der Waals surface area contributed by atoms with Crippen molar-refractivity contribution in [2.75, 3.05) is 0 Å². The predicted molar refractivity (Wildman–Crippen MR) is 55.5 cm³/mol. The van der Waals surface area contributed by atoms with Gasteiger partial charge in [-0.15, -0.1) is 0 Å². The molecule has 0 fully saturated rings. The van der Waals surface area contributed by atoms with Gasteiger partial charge in [0, 0.05) is 6.42 Å². The van der Waals surface area contributed by atoms with Gasteiger partial charge in [-0.05, 0) is 38.5 Å². The topological polar surface area (TPSA) is 17.1 Å². The summed E-state index contributed by atoms with van der Waals surface area (Å²) in [7, 11) is 0. The molecule has 0 amide bonds. The normalized spacial score (nSPS) is 28.0. The zero-order valence-corrected chi connectivity index (χ0v) is 8.55. The number of hydrogen-bond donors (Lipinski definition) is 0. The minimum Gasteiger partial charge on any atom is -0.303 e. The first-order valence-electron chi connectivity index (χ1n) is 4.90. The van der Waals surface area contributed by atoms with Crippen LogP contribution >= 0.6 is 0 Å². The molecule has 1 rings (SSSR count). The Morgan fingerprint density at radius 1 is 1.77 bits per heavy atom. The summed E-state index contributed by atoms with van der Waals surface area (Å²) in [5, 5.41) is 0. The molecule has 0 bridgehead atoms. The van der Waals surface area contributed by atoms with Crippen LogP contribution in [0.5, 0.6) is 0 Å². The Hall–Kier alpha value is -0.850. The third-order valence-corrected chi connectivity index (χ3v) is 3.01. The summed E-state index contributed by atoms with van der Waals surface area (Å²) in [6.07, 6.45) is 6.18. The fraction of sp³-hybridized carbons (Fsp3) is 0.583. The second-order valence-electron chi connectivity index (χ2n) is 4.06. The van der Waals surface area contributed by atoms with Crippen molar-refractivity contribution in [2.24, 2.45) is 11.8 Å². The Bertz CT molecular complexity index is 238. The van der Waals surface area contributed by atoms with Crippen molar-refractivity contribution in [3.8, 4) is 0 Å². The number of hydrogen-bond acceptors (Lipinski definition) is 1. The third kappa shape index (κ3) is 2.55. The van der Waals surface area contributed by atoms with E-state index in [1.807, 2.05) is 0 Å². The molecule has 0 unspecified atom stereocenters. The van der Waals surface area contributed by atoms with E-state index in [1.165, 1.54) is 11.1 Å². The summed E-state index contributed by atoms with van der Waals surface area (Å²) in [6, 6.07) is 0. The fourth-order valence-electron chi connectivity index (χ4n) is 1.92. The molecule has 1 aliphatic rings. The minimum atomic E-state index is 0.466. The second-order valence-corrected chi connectivity index (χ2v) is 4.06. The van der Waals surface area contributed by atoms with E-state index in [2.05, 4.69) is 26.5 Å². The molecule has 0 heterocycles. The van der Waals surface area contributed by atoms with E-state index in [0.717, 1.165) is 19.1 Å². The summed E-state index contributed by atoms with van der Waals surface area (Å²) in [6.45, 7) is 8.19. The standard InChI is InChI=1S/C12H18O/c1-9(2)11-5-4-10(3)12(8-11)6-7-13/h4,7,11-12H,1,5-6,8H2,2-3H3/t11-,12-/m0/s1. The Labute approximate surface area is 80.5 Å². The number of aldehydes is 1. The quantitative estimate of drug-likeness (QED) is 0.479. The van der Waals surface area contributed by atoms with Gasteiger partial charge in [-0.1, -0.05) is 23.8 Å². The zero-order valence-electron chi connectivity index (χ0n) is 8.55. The second kappa shape index (κ2) is 4.40. The van der Waals surface area contributed by atoms with Gasteiger partial charge in [-0.3, -0.25) is 0 Å². The number of carbonyl (C=O) groups excluding carboxylic acids is 1. The Balaban J connectivity index is 2.65. The maximum atomic E-state index is 10.4. The van der Waals surface area contributed by atoms with Crippen LogP contribution < -0.4 is 0 Å². The van der Waals surface area contributed by atoms with Crippen molar-refractivity contribution in [1.29, 1.82) is 0 Å². The Morgan fingerprint density at radius 3 is 3.00 bits per heavy atom. The molecule has 0 N–H and O–H groups in total. The average Bonchev–Trinajstić information content (AvgIpc) is 2.08. The Kier molecular flexibility index (Phi) is 3.47. The van der Waals surface area contributed by atoms with Crippen LogP contribution in [-0.4, -0.2) is 6.29 Å². The van der Waals surface area contributed by atoms with Crippen LogP contribution in [0.25, 0.3) is 0 Å². The van der Waals surface area contributed by atoms with Crippen LogP contribution in [0.4, 0.5) is 0 Å². The van der Waals surface area contributed by atoms with E-state index in [9.17, 15) is 4.79 Å². The van der Waals surface area contributed by atoms with Gasteiger partial charge in [-0.25, -0.2) is 0 Å². The third-order valence-electron chi connectivity index (χ3n) is 3.01. The molecule has 2 atom stereocenters. The molecule has 72 valence electrons. The first kappa shape index (κ1) is 10.2. The first-order chi connectivity index (χ1) is 6.15. The average molecular weight is 178 g/mol. The van der Waals surface area contributed by atoms with Crippen LogP contribution in [0.1, 0.15) is 33.1 Å². The maximum absolute atomic E-state index is 10.4. The molecule has 0 spiro atoms. The highest BCUT2D eigenvalue weighted by molar-refractivity contribution is 5.51. The summed E-state index contributed by atoms with van der Waals surface area (Å²) >= 11 is 0. The van der Waals surface area contributed by atoms with Gasteiger partial charge >= 0.3 is 0 Å². The number of rotatable bonds is 3. The number of allylic oxidation sites excluding steroid dienone is 3. The molecule has 1 heteroatoms. The van der Waals surface area contributed by atoms with Crippen molar-refractivity contribution < 1.29 is 4.79 Å². The van der Waals surface area contributed by atoms with Gasteiger partial charge in [0.15, 0.2) is 0 Å². The monoisotopic (exact) mass is 178 g/mol. The lowest BCUT2D eigenvalue weighted by molar-refractivity contribution is -0.108. The highest BCUT2D eigenvalue weighted by Gasteiger charge is 2.21. The lowest BCUT2D eigenvalue weighted by Gasteiger charge is -2.27. The molecule has 0 aromatic heterocycles. The predicted octanol–water partition coefficient (Wildman–Crippen LogP) is 3.12. The van der Waals surface area contributed by atoms with Crippen molar-refractivity contribution in [3.05, 3.63) is 23.8 Å². The molecule has 0 radical (unpaired) electrons. The van der Waals surface area contributed by atoms with Crippen LogP contribution in [-0.2, 0) is 4.79 Å². The molecule has 0 saturated heterocycles. The fourth-order valence-corrected chi connectivity index (χ4v) is 1.92. The molecule has 1 nitrogen and oxygen atoms in total. The lowest BCUT2D eigenvalue weighted by atomic mass is 9.78. The molecule has 0 aromatic carbocycles. The van der Waals surface area contributed by atoms with Crippen LogP contribution in [0, 0.1) is 11.8 Å². The summed E-state index contributed by atoms with van der Waals surface area (Å²) in [5.74, 6) is 1.06. The molecular formula is C12H18O. The van der Waals surface area contributed by atoms with E-state index in [0.29, 0.717) is 18.3 Å². The van der Waals surface area contributed by atoms with Gasteiger partial charge in [0.2, 0.25) is 0 Å². The summed E-state index contributed by atoms with van der Waals surface area (Å²) < 4.78 is 0. The van der Waals surface area contributed by atoms with E-state index in [4.69, 9.17) is 0 Å². The van der Waals surface area contributed by atoms with Gasteiger partial charge in [-0.2, -0.15) is 0 Å². The largest absolute Gasteiger partial charge is 0.303 e. The van der Waals surface area contributed by atoms with E-state index < -0.39 is 0 Å². The van der Waals surface area contributed by atoms with Crippen molar-refractivity contribution in [2.45, 2.75) is 33.1 Å². The van der Waals surface area contributed by atoms with Gasteiger partial charge in [0.25, 0.3) is 0 Å². The molecule has 1 aliphatic carbocycles. The molecular weight excluding hydrogens is 160 g/mol. The SMILES string of the molecule is C=C(C)[C@H]1CC=C(C)[C@@H](CC=O)C1. The van der Waals surface area contributed by atoms with E-state index in [1.54, 1.807) is 0 Å².